The fourth-order valence-corrected chi connectivity index (χ4v) is 3.62. The van der Waals surface area contributed by atoms with Gasteiger partial charge >= 0.3 is 0 Å². The minimum absolute atomic E-state index is 0.120. The summed E-state index contributed by atoms with van der Waals surface area (Å²) < 4.78 is 23.5. The third kappa shape index (κ3) is 3.38. The average Bonchev–Trinajstić information content (AvgIpc) is 3.24. The molecule has 1 aromatic heterocycles. The van der Waals surface area contributed by atoms with Gasteiger partial charge in [0.15, 0.2) is 0 Å². The third-order valence-electron chi connectivity index (χ3n) is 4.45. The number of fused-ring (bicyclic) bond motifs is 1. The SMILES string of the molecule is CCN(CC)C(=O)/C(=C1/C(=O)Nc2ccc(S(N)(=O)=O)cc21)c1ccc[nH]1. The largest absolute Gasteiger partial charge is 0.361 e. The number of anilines is 1. The number of nitrogens with zero attached hydrogens (tertiary/aromatic N) is 1. The second kappa shape index (κ2) is 7.01. The standard InChI is InChI=1S/C18H20N4O4S/c1-3-22(4-2)18(24)16(14-6-5-9-20-14)15-12-10-11(27(19,25)26)7-8-13(12)21-17(15)23/h5-10,20H,3-4H2,1-2H3,(H,21,23)(H2,19,25,26)/b16-15+. The molecule has 0 spiro atoms. The Morgan fingerprint density at radius 3 is 2.44 bits per heavy atom. The Kier molecular flexibility index (Phi) is 4.90. The first-order valence-electron chi connectivity index (χ1n) is 8.43. The average molecular weight is 388 g/mol. The molecule has 4 N–H and O–H groups in total. The number of hydrogen-bond donors (Lipinski definition) is 3. The summed E-state index contributed by atoms with van der Waals surface area (Å²) in [6.07, 6.45) is 1.65. The number of rotatable bonds is 5. The van der Waals surface area contributed by atoms with Crippen LogP contribution in [0.15, 0.2) is 41.4 Å². The number of aromatic amines is 1. The van der Waals surface area contributed by atoms with E-state index in [2.05, 4.69) is 10.3 Å². The number of aromatic nitrogens is 1. The highest BCUT2D eigenvalue weighted by atomic mass is 32.2. The zero-order valence-corrected chi connectivity index (χ0v) is 15.8. The molecular formula is C18H20N4O4S. The number of likely N-dealkylation sites (N-methyl/N-ethyl adjacent to an activating group) is 1. The highest BCUT2D eigenvalue weighted by Crippen LogP contribution is 2.38. The number of carbonyl (C=O) groups is 2. The van der Waals surface area contributed by atoms with Crippen LogP contribution in [0.25, 0.3) is 11.1 Å². The molecule has 8 nitrogen and oxygen atoms in total. The van der Waals surface area contributed by atoms with Gasteiger partial charge in [-0.3, -0.25) is 9.59 Å². The fourth-order valence-electron chi connectivity index (χ4n) is 3.08. The smallest absolute Gasteiger partial charge is 0.257 e. The lowest BCUT2D eigenvalue weighted by atomic mass is 9.97. The maximum atomic E-state index is 13.2. The minimum atomic E-state index is -3.96. The Morgan fingerprint density at radius 1 is 1.19 bits per heavy atom. The van der Waals surface area contributed by atoms with Gasteiger partial charge in [-0.1, -0.05) is 0 Å². The Hall–Kier alpha value is -2.91. The molecule has 2 heterocycles. The summed E-state index contributed by atoms with van der Waals surface area (Å²) in [6.45, 7) is 4.64. The van der Waals surface area contributed by atoms with E-state index in [1.807, 2.05) is 13.8 Å². The van der Waals surface area contributed by atoms with Gasteiger partial charge in [0.1, 0.15) is 0 Å². The van der Waals surface area contributed by atoms with Crippen LogP contribution in [0.2, 0.25) is 0 Å². The van der Waals surface area contributed by atoms with Gasteiger partial charge in [0.05, 0.1) is 21.7 Å². The van der Waals surface area contributed by atoms with Crippen molar-refractivity contribution in [1.29, 1.82) is 0 Å². The van der Waals surface area contributed by atoms with Crippen LogP contribution in [-0.2, 0) is 19.6 Å². The fraction of sp³-hybridized carbons (Fsp3) is 0.222. The summed E-state index contributed by atoms with van der Waals surface area (Å²) in [5.74, 6) is -0.789. The first-order valence-corrected chi connectivity index (χ1v) is 9.98. The lowest BCUT2D eigenvalue weighted by Crippen LogP contribution is -2.32. The number of benzene rings is 1. The second-order valence-electron chi connectivity index (χ2n) is 6.02. The molecule has 2 amide bonds. The van der Waals surface area contributed by atoms with Gasteiger partial charge in [-0.05, 0) is 44.2 Å². The highest BCUT2D eigenvalue weighted by Gasteiger charge is 2.33. The maximum absolute atomic E-state index is 13.2. The van der Waals surface area contributed by atoms with Crippen LogP contribution in [-0.4, -0.2) is 43.2 Å². The number of H-pyrrole nitrogens is 1. The monoisotopic (exact) mass is 388 g/mol. The molecule has 3 rings (SSSR count). The summed E-state index contributed by atoms with van der Waals surface area (Å²) in [5, 5.41) is 7.90. The van der Waals surface area contributed by atoms with Crippen molar-refractivity contribution in [2.45, 2.75) is 18.7 Å². The molecule has 1 aliphatic heterocycles. The molecule has 1 aliphatic rings. The molecule has 0 unspecified atom stereocenters. The number of nitrogens with two attached hydrogens (primary N) is 1. The van der Waals surface area contributed by atoms with Crippen LogP contribution >= 0.6 is 0 Å². The first-order chi connectivity index (χ1) is 12.8. The quantitative estimate of drug-likeness (QED) is 0.669. The van der Waals surface area contributed by atoms with Crippen LogP contribution in [0.5, 0.6) is 0 Å². The van der Waals surface area contributed by atoms with Crippen molar-refractivity contribution >= 4 is 38.7 Å². The van der Waals surface area contributed by atoms with Gasteiger partial charge in [0.2, 0.25) is 10.0 Å². The Bertz CT molecular complexity index is 1040. The van der Waals surface area contributed by atoms with E-state index in [1.165, 1.54) is 18.2 Å². The molecule has 9 heteroatoms. The van der Waals surface area contributed by atoms with E-state index in [0.717, 1.165) is 0 Å². The van der Waals surface area contributed by atoms with Crippen LogP contribution < -0.4 is 10.5 Å². The van der Waals surface area contributed by atoms with Gasteiger partial charge in [0.25, 0.3) is 11.8 Å². The predicted molar refractivity (Wildman–Crippen MR) is 102 cm³/mol. The molecule has 27 heavy (non-hydrogen) atoms. The number of hydrogen-bond acceptors (Lipinski definition) is 4. The van der Waals surface area contributed by atoms with Crippen molar-refractivity contribution in [1.82, 2.24) is 9.88 Å². The van der Waals surface area contributed by atoms with Crippen molar-refractivity contribution in [3.05, 3.63) is 47.8 Å². The van der Waals surface area contributed by atoms with E-state index >= 15 is 0 Å². The molecular weight excluding hydrogens is 368 g/mol. The molecule has 0 aliphatic carbocycles. The van der Waals surface area contributed by atoms with Gasteiger partial charge in [-0.25, -0.2) is 13.6 Å². The van der Waals surface area contributed by atoms with E-state index in [0.29, 0.717) is 30.0 Å². The van der Waals surface area contributed by atoms with Gasteiger partial charge < -0.3 is 15.2 Å². The molecule has 0 saturated heterocycles. The first kappa shape index (κ1) is 18.9. The molecule has 0 fully saturated rings. The summed E-state index contributed by atoms with van der Waals surface area (Å²) >= 11 is 0. The third-order valence-corrected chi connectivity index (χ3v) is 5.36. The van der Waals surface area contributed by atoms with Crippen molar-refractivity contribution in [2.75, 3.05) is 18.4 Å². The Labute approximate surface area is 157 Å². The molecule has 0 saturated carbocycles. The highest BCUT2D eigenvalue weighted by molar-refractivity contribution is 7.89. The Morgan fingerprint density at radius 2 is 1.89 bits per heavy atom. The number of carbonyl (C=O) groups excluding carboxylic acids is 2. The molecule has 0 radical (unpaired) electrons. The van der Waals surface area contributed by atoms with E-state index in [9.17, 15) is 18.0 Å². The summed E-state index contributed by atoms with van der Waals surface area (Å²) in [5.41, 5.74) is 1.54. The topological polar surface area (TPSA) is 125 Å². The lowest BCUT2D eigenvalue weighted by molar-refractivity contribution is -0.124. The van der Waals surface area contributed by atoms with Crippen LogP contribution in [0, 0.1) is 0 Å². The van der Waals surface area contributed by atoms with E-state index in [4.69, 9.17) is 5.14 Å². The summed E-state index contributed by atoms with van der Waals surface area (Å²) in [6, 6.07) is 7.51. The zero-order chi connectivity index (χ0) is 19.8. The van der Waals surface area contributed by atoms with E-state index in [-0.39, 0.29) is 21.9 Å². The molecule has 142 valence electrons. The number of nitrogens with one attached hydrogen (secondary N) is 2. The lowest BCUT2D eigenvalue weighted by Gasteiger charge is -2.21. The normalized spacial score (nSPS) is 15.3. The predicted octanol–water partition coefficient (Wildman–Crippen LogP) is 1.39. The second-order valence-corrected chi connectivity index (χ2v) is 7.58. The van der Waals surface area contributed by atoms with Gasteiger partial charge in [-0.2, -0.15) is 0 Å². The van der Waals surface area contributed by atoms with Crippen LogP contribution in [0.1, 0.15) is 25.1 Å². The number of amides is 2. The van der Waals surface area contributed by atoms with Gasteiger partial charge in [0, 0.05) is 30.5 Å². The minimum Gasteiger partial charge on any atom is -0.361 e. The summed E-state index contributed by atoms with van der Waals surface area (Å²) in [7, 11) is -3.96. The van der Waals surface area contributed by atoms with Crippen LogP contribution in [0.3, 0.4) is 0 Å². The van der Waals surface area contributed by atoms with E-state index in [1.54, 1.807) is 23.2 Å². The summed E-state index contributed by atoms with van der Waals surface area (Å²) in [4.78, 5) is 30.3. The van der Waals surface area contributed by atoms with Crippen LogP contribution in [0.4, 0.5) is 5.69 Å². The number of primary sulfonamides is 1. The zero-order valence-electron chi connectivity index (χ0n) is 14.9. The van der Waals surface area contributed by atoms with Crippen molar-refractivity contribution in [3.8, 4) is 0 Å². The molecule has 2 aromatic rings. The van der Waals surface area contributed by atoms with Crippen molar-refractivity contribution in [3.63, 3.8) is 0 Å². The Balaban J connectivity index is 2.30. The molecule has 1 aromatic carbocycles. The molecule has 0 bridgehead atoms. The number of sulfonamides is 1. The van der Waals surface area contributed by atoms with Crippen molar-refractivity contribution in [2.24, 2.45) is 5.14 Å². The van der Waals surface area contributed by atoms with E-state index < -0.39 is 15.9 Å². The maximum Gasteiger partial charge on any atom is 0.257 e. The van der Waals surface area contributed by atoms with Gasteiger partial charge in [-0.15, -0.1) is 0 Å². The van der Waals surface area contributed by atoms with Crippen molar-refractivity contribution < 1.29 is 18.0 Å². The molecule has 0 atom stereocenters.